The first kappa shape index (κ1) is 9.32. The Bertz CT molecular complexity index is 186. The molecule has 1 aromatic rings. The lowest BCUT2D eigenvalue weighted by Crippen LogP contribution is -2.10. The Morgan fingerprint density at radius 2 is 2.30 bits per heavy atom. The molecule has 0 saturated heterocycles. The van der Waals surface area contributed by atoms with Crippen LogP contribution in [0.5, 0.6) is 0 Å². The van der Waals surface area contributed by atoms with E-state index in [9.17, 15) is 0 Å². The van der Waals surface area contributed by atoms with Crippen molar-refractivity contribution in [3.05, 3.63) is 5.82 Å². The highest BCUT2D eigenvalue weighted by Gasteiger charge is 1.96. The third kappa shape index (κ3) is 1.93. The monoisotopic (exact) mass is 163 g/mol. The van der Waals surface area contributed by atoms with Gasteiger partial charge in [0.25, 0.3) is 0 Å². The van der Waals surface area contributed by atoms with E-state index in [0.717, 1.165) is 5.82 Å². The Balaban J connectivity index is 0.000000810. The highest BCUT2D eigenvalue weighted by atomic mass is 35.5. The van der Waals surface area contributed by atoms with Gasteiger partial charge in [-0.05, 0) is 17.5 Å². The molecule has 0 aromatic carbocycles. The van der Waals surface area contributed by atoms with Gasteiger partial charge in [-0.1, -0.05) is 0 Å². The first-order chi connectivity index (χ1) is 4.34. The molecule has 0 aliphatic carbocycles. The average Bonchev–Trinajstić information content (AvgIpc) is 2.18. The lowest BCUT2D eigenvalue weighted by Gasteiger charge is -1.93. The molecule has 0 unspecified atom stereocenters. The van der Waals surface area contributed by atoms with Crippen LogP contribution in [0.15, 0.2) is 0 Å². The van der Waals surface area contributed by atoms with E-state index < -0.39 is 0 Å². The number of rotatable bonds is 2. The van der Waals surface area contributed by atoms with Gasteiger partial charge in [0.2, 0.25) is 0 Å². The molecule has 0 amide bonds. The summed E-state index contributed by atoms with van der Waals surface area (Å²) in [6.45, 7) is 0.712. The van der Waals surface area contributed by atoms with Crippen LogP contribution in [0.2, 0.25) is 0 Å². The summed E-state index contributed by atoms with van der Waals surface area (Å²) in [5.74, 6) is 0.845. The van der Waals surface area contributed by atoms with Crippen LogP contribution >= 0.6 is 12.4 Å². The molecule has 0 bridgehead atoms. The molecule has 6 heteroatoms. The smallest absolute Gasteiger partial charge is 0.164 e. The number of nitrogens with zero attached hydrogens (tertiary/aromatic N) is 4. The van der Waals surface area contributed by atoms with Crippen molar-refractivity contribution in [2.45, 2.75) is 6.54 Å². The molecule has 5 nitrogen and oxygen atoms in total. The van der Waals surface area contributed by atoms with Gasteiger partial charge in [0.15, 0.2) is 5.82 Å². The zero-order chi connectivity index (χ0) is 6.69. The van der Waals surface area contributed by atoms with Gasteiger partial charge in [0, 0.05) is 7.05 Å². The quantitative estimate of drug-likeness (QED) is 0.630. The Morgan fingerprint density at radius 1 is 1.60 bits per heavy atom. The van der Waals surface area contributed by atoms with Crippen molar-refractivity contribution < 1.29 is 0 Å². The molecule has 0 saturated carbocycles. The summed E-state index contributed by atoms with van der Waals surface area (Å²) >= 11 is 0. The molecule has 0 aliphatic rings. The molecule has 0 fully saturated rings. The van der Waals surface area contributed by atoms with E-state index in [2.05, 4.69) is 20.8 Å². The fraction of sp³-hybridized carbons (Fsp3) is 0.750. The van der Waals surface area contributed by atoms with Crippen LogP contribution in [0.1, 0.15) is 5.82 Å². The van der Waals surface area contributed by atoms with E-state index >= 15 is 0 Å². The van der Waals surface area contributed by atoms with E-state index in [1.165, 1.54) is 0 Å². The van der Waals surface area contributed by atoms with Crippen molar-refractivity contribution in [3.63, 3.8) is 0 Å². The minimum absolute atomic E-state index is 0. The van der Waals surface area contributed by atoms with Crippen molar-refractivity contribution in [2.24, 2.45) is 7.05 Å². The topological polar surface area (TPSA) is 55.6 Å². The van der Waals surface area contributed by atoms with Crippen molar-refractivity contribution in [2.75, 3.05) is 7.05 Å². The van der Waals surface area contributed by atoms with Gasteiger partial charge in [-0.15, -0.1) is 17.5 Å². The maximum absolute atomic E-state index is 3.74. The van der Waals surface area contributed by atoms with Crippen molar-refractivity contribution in [1.82, 2.24) is 25.5 Å². The fourth-order valence-corrected chi connectivity index (χ4v) is 0.556. The van der Waals surface area contributed by atoms with Crippen molar-refractivity contribution >= 4 is 12.4 Å². The number of aryl methyl sites for hydroxylation is 1. The molecule has 1 rings (SSSR count). The van der Waals surface area contributed by atoms with Gasteiger partial charge in [-0.2, -0.15) is 0 Å². The second-order valence-electron chi connectivity index (χ2n) is 1.75. The SMILES string of the molecule is CNCc1nnnn1C.Cl. The van der Waals surface area contributed by atoms with Crippen molar-refractivity contribution in [3.8, 4) is 0 Å². The molecular formula is C4H10ClN5. The molecular weight excluding hydrogens is 154 g/mol. The number of halogens is 1. The number of tetrazole rings is 1. The largest absolute Gasteiger partial charge is 0.313 e. The van der Waals surface area contributed by atoms with E-state index in [1.807, 2.05) is 14.1 Å². The Morgan fingerprint density at radius 3 is 2.70 bits per heavy atom. The Labute approximate surface area is 65.2 Å². The first-order valence-electron chi connectivity index (χ1n) is 2.70. The van der Waals surface area contributed by atoms with Crippen LogP contribution in [-0.2, 0) is 13.6 Å². The third-order valence-electron chi connectivity index (χ3n) is 1.04. The Hall–Kier alpha value is -0.680. The summed E-state index contributed by atoms with van der Waals surface area (Å²) in [6.07, 6.45) is 0. The predicted molar refractivity (Wildman–Crippen MR) is 38.8 cm³/mol. The lowest BCUT2D eigenvalue weighted by atomic mass is 10.6. The van der Waals surface area contributed by atoms with Crippen LogP contribution < -0.4 is 5.32 Å². The Kier molecular flexibility index (Phi) is 3.90. The van der Waals surface area contributed by atoms with Crippen LogP contribution in [0.4, 0.5) is 0 Å². The van der Waals surface area contributed by atoms with Crippen LogP contribution in [0.3, 0.4) is 0 Å². The number of nitrogens with one attached hydrogen (secondary N) is 1. The summed E-state index contributed by atoms with van der Waals surface area (Å²) in [6, 6.07) is 0. The van der Waals surface area contributed by atoms with Crippen molar-refractivity contribution in [1.29, 1.82) is 0 Å². The first-order valence-corrected chi connectivity index (χ1v) is 2.70. The zero-order valence-electron chi connectivity index (χ0n) is 5.90. The fourth-order valence-electron chi connectivity index (χ4n) is 0.556. The highest BCUT2D eigenvalue weighted by molar-refractivity contribution is 5.85. The summed E-state index contributed by atoms with van der Waals surface area (Å²) in [5, 5.41) is 13.8. The number of hydrogen-bond donors (Lipinski definition) is 1. The summed E-state index contributed by atoms with van der Waals surface area (Å²) in [5.41, 5.74) is 0. The maximum atomic E-state index is 3.74. The lowest BCUT2D eigenvalue weighted by molar-refractivity contribution is 0.649. The average molecular weight is 164 g/mol. The van der Waals surface area contributed by atoms with Crippen LogP contribution in [0, 0.1) is 0 Å². The molecule has 58 valence electrons. The van der Waals surface area contributed by atoms with Gasteiger partial charge in [0.05, 0.1) is 6.54 Å². The van der Waals surface area contributed by atoms with E-state index in [4.69, 9.17) is 0 Å². The van der Waals surface area contributed by atoms with Gasteiger partial charge in [-0.3, -0.25) is 0 Å². The highest BCUT2D eigenvalue weighted by Crippen LogP contribution is 1.83. The molecule has 0 radical (unpaired) electrons. The predicted octanol–water partition coefficient (Wildman–Crippen LogP) is -0.649. The van der Waals surface area contributed by atoms with E-state index in [0.29, 0.717) is 6.54 Å². The minimum atomic E-state index is 0. The summed E-state index contributed by atoms with van der Waals surface area (Å²) < 4.78 is 1.64. The molecule has 10 heavy (non-hydrogen) atoms. The maximum Gasteiger partial charge on any atom is 0.164 e. The standard InChI is InChI=1S/C4H9N5.ClH/c1-5-3-4-6-7-8-9(4)2;/h5H,3H2,1-2H3;1H. The molecule has 1 heterocycles. The summed E-state index contributed by atoms with van der Waals surface area (Å²) in [4.78, 5) is 0. The van der Waals surface area contributed by atoms with Crippen LogP contribution in [0.25, 0.3) is 0 Å². The van der Waals surface area contributed by atoms with Gasteiger partial charge < -0.3 is 5.32 Å². The second-order valence-corrected chi connectivity index (χ2v) is 1.75. The van der Waals surface area contributed by atoms with E-state index in [1.54, 1.807) is 4.68 Å². The number of aromatic nitrogens is 4. The molecule has 0 spiro atoms. The molecule has 1 N–H and O–H groups in total. The van der Waals surface area contributed by atoms with Crippen LogP contribution in [-0.4, -0.2) is 27.3 Å². The normalized spacial score (nSPS) is 9.00. The third-order valence-corrected chi connectivity index (χ3v) is 1.04. The molecule has 1 aromatic heterocycles. The van der Waals surface area contributed by atoms with E-state index in [-0.39, 0.29) is 12.4 Å². The van der Waals surface area contributed by atoms with Gasteiger partial charge in [-0.25, -0.2) is 4.68 Å². The van der Waals surface area contributed by atoms with Gasteiger partial charge in [0.1, 0.15) is 0 Å². The molecule has 0 aliphatic heterocycles. The van der Waals surface area contributed by atoms with Gasteiger partial charge >= 0.3 is 0 Å². The zero-order valence-corrected chi connectivity index (χ0v) is 6.72. The second kappa shape index (κ2) is 4.19. The minimum Gasteiger partial charge on any atom is -0.313 e. The molecule has 0 atom stereocenters. The number of hydrogen-bond acceptors (Lipinski definition) is 4. The summed E-state index contributed by atoms with van der Waals surface area (Å²) in [7, 11) is 3.67.